The zero-order chi connectivity index (χ0) is 16.5. The van der Waals surface area contributed by atoms with Crippen molar-refractivity contribution >= 4 is 5.97 Å². The van der Waals surface area contributed by atoms with Gasteiger partial charge in [0.15, 0.2) is 0 Å². The Balaban J connectivity index is 2.68. The standard InChI is InChI=1S/C18H24O4/c1-5-6-17(13(2)11-14(3)18(19)20)22-12-15-7-9-16(21-4)10-8-15/h5,7-11,13,17H,1,6,12H2,2-4H3,(H,19,20)/b14-11-/t13-,17-/m1/s1. The summed E-state index contributed by atoms with van der Waals surface area (Å²) in [6, 6.07) is 7.68. The number of hydrogen-bond donors (Lipinski definition) is 1. The monoisotopic (exact) mass is 304 g/mol. The van der Waals surface area contributed by atoms with E-state index >= 15 is 0 Å². The molecule has 0 saturated heterocycles. The van der Waals surface area contributed by atoms with Crippen LogP contribution in [0.4, 0.5) is 0 Å². The van der Waals surface area contributed by atoms with E-state index in [-0.39, 0.29) is 12.0 Å². The Labute approximate surface area is 132 Å². The number of benzene rings is 1. The number of hydrogen-bond acceptors (Lipinski definition) is 3. The van der Waals surface area contributed by atoms with Crippen molar-refractivity contribution < 1.29 is 19.4 Å². The summed E-state index contributed by atoms with van der Waals surface area (Å²) < 4.78 is 11.1. The van der Waals surface area contributed by atoms with Gasteiger partial charge in [-0.3, -0.25) is 0 Å². The quantitative estimate of drug-likeness (QED) is 0.556. The van der Waals surface area contributed by atoms with Crippen LogP contribution in [-0.4, -0.2) is 24.3 Å². The molecule has 1 N–H and O–H groups in total. The molecule has 0 radical (unpaired) electrons. The van der Waals surface area contributed by atoms with Gasteiger partial charge in [-0.15, -0.1) is 6.58 Å². The fourth-order valence-electron chi connectivity index (χ4n) is 2.10. The molecular weight excluding hydrogens is 280 g/mol. The molecule has 0 spiro atoms. The Morgan fingerprint density at radius 3 is 2.50 bits per heavy atom. The van der Waals surface area contributed by atoms with Crippen LogP contribution in [0.5, 0.6) is 5.75 Å². The molecule has 0 aromatic heterocycles. The molecule has 0 aliphatic carbocycles. The van der Waals surface area contributed by atoms with E-state index in [2.05, 4.69) is 6.58 Å². The van der Waals surface area contributed by atoms with E-state index in [4.69, 9.17) is 14.6 Å². The van der Waals surface area contributed by atoms with Crippen LogP contribution in [0.2, 0.25) is 0 Å². The van der Waals surface area contributed by atoms with Gasteiger partial charge in [0, 0.05) is 11.5 Å². The Morgan fingerprint density at radius 1 is 1.36 bits per heavy atom. The van der Waals surface area contributed by atoms with Crippen molar-refractivity contribution in [3.8, 4) is 5.75 Å². The third-order valence-corrected chi connectivity index (χ3v) is 3.46. The van der Waals surface area contributed by atoms with Crippen molar-refractivity contribution in [1.82, 2.24) is 0 Å². The lowest BCUT2D eigenvalue weighted by Crippen LogP contribution is -2.20. The van der Waals surface area contributed by atoms with Gasteiger partial charge in [-0.1, -0.05) is 31.2 Å². The maximum absolute atomic E-state index is 10.9. The Kier molecular flexibility index (Phi) is 7.40. The van der Waals surface area contributed by atoms with Gasteiger partial charge in [0.2, 0.25) is 0 Å². The second-order valence-electron chi connectivity index (χ2n) is 5.24. The highest BCUT2D eigenvalue weighted by atomic mass is 16.5. The first-order valence-corrected chi connectivity index (χ1v) is 7.25. The third-order valence-electron chi connectivity index (χ3n) is 3.46. The SMILES string of the molecule is C=CC[C@@H](OCc1ccc(OC)cc1)[C@H](C)/C=C(/C)C(=O)O. The summed E-state index contributed by atoms with van der Waals surface area (Å²) >= 11 is 0. The van der Waals surface area contributed by atoms with Crippen molar-refractivity contribution in [2.45, 2.75) is 33.0 Å². The molecule has 1 aromatic rings. The molecule has 0 fully saturated rings. The highest BCUT2D eigenvalue weighted by molar-refractivity contribution is 5.85. The average Bonchev–Trinajstić information content (AvgIpc) is 2.51. The first kappa shape index (κ1) is 18.0. The molecule has 0 aliphatic heterocycles. The van der Waals surface area contributed by atoms with Crippen molar-refractivity contribution in [3.05, 3.63) is 54.1 Å². The molecule has 0 bridgehead atoms. The Hall–Kier alpha value is -2.07. The fourth-order valence-corrected chi connectivity index (χ4v) is 2.10. The molecule has 22 heavy (non-hydrogen) atoms. The molecule has 0 heterocycles. The van der Waals surface area contributed by atoms with E-state index in [1.807, 2.05) is 31.2 Å². The van der Waals surface area contributed by atoms with Crippen molar-refractivity contribution in [1.29, 1.82) is 0 Å². The van der Waals surface area contributed by atoms with Gasteiger partial charge in [-0.25, -0.2) is 4.79 Å². The van der Waals surface area contributed by atoms with E-state index in [0.717, 1.165) is 11.3 Å². The van der Waals surface area contributed by atoms with E-state index in [1.54, 1.807) is 26.2 Å². The molecule has 4 nitrogen and oxygen atoms in total. The molecule has 0 saturated carbocycles. The maximum Gasteiger partial charge on any atom is 0.330 e. The largest absolute Gasteiger partial charge is 0.497 e. The molecule has 0 aliphatic rings. The average molecular weight is 304 g/mol. The Bertz CT molecular complexity index is 516. The van der Waals surface area contributed by atoms with Gasteiger partial charge in [-0.2, -0.15) is 0 Å². The van der Waals surface area contributed by atoms with Crippen LogP contribution in [0.1, 0.15) is 25.8 Å². The number of carbonyl (C=O) groups is 1. The summed E-state index contributed by atoms with van der Waals surface area (Å²) in [6.45, 7) is 7.75. The summed E-state index contributed by atoms with van der Waals surface area (Å²) in [6.07, 6.45) is 4.08. The van der Waals surface area contributed by atoms with Gasteiger partial charge in [0.1, 0.15) is 5.75 Å². The van der Waals surface area contributed by atoms with E-state index in [1.165, 1.54) is 0 Å². The number of carboxylic acid groups (broad SMARTS) is 1. The predicted octanol–water partition coefficient (Wildman–Crippen LogP) is 3.82. The topological polar surface area (TPSA) is 55.8 Å². The van der Waals surface area contributed by atoms with Gasteiger partial charge < -0.3 is 14.6 Å². The van der Waals surface area contributed by atoms with Gasteiger partial charge in [-0.05, 0) is 31.0 Å². The maximum atomic E-state index is 10.9. The molecular formula is C18H24O4. The summed E-state index contributed by atoms with van der Waals surface area (Å²) in [5, 5.41) is 8.96. The van der Waals surface area contributed by atoms with Crippen LogP contribution in [0, 0.1) is 5.92 Å². The summed E-state index contributed by atoms with van der Waals surface area (Å²) in [4.78, 5) is 10.9. The molecule has 0 amide bonds. The molecule has 120 valence electrons. The van der Waals surface area contributed by atoms with Crippen molar-refractivity contribution in [2.75, 3.05) is 7.11 Å². The lowest BCUT2D eigenvalue weighted by atomic mass is 9.99. The third kappa shape index (κ3) is 5.74. The number of rotatable bonds is 9. The van der Waals surface area contributed by atoms with Crippen LogP contribution in [0.3, 0.4) is 0 Å². The summed E-state index contributed by atoms with van der Waals surface area (Å²) in [5.74, 6) is -0.105. The van der Waals surface area contributed by atoms with Gasteiger partial charge >= 0.3 is 5.97 Å². The van der Waals surface area contributed by atoms with Crippen molar-refractivity contribution in [3.63, 3.8) is 0 Å². The molecule has 0 unspecified atom stereocenters. The van der Waals surface area contributed by atoms with Crippen LogP contribution < -0.4 is 4.74 Å². The summed E-state index contributed by atoms with van der Waals surface area (Å²) in [7, 11) is 1.63. The van der Waals surface area contributed by atoms with E-state index in [9.17, 15) is 4.79 Å². The van der Waals surface area contributed by atoms with E-state index in [0.29, 0.717) is 18.6 Å². The lowest BCUT2D eigenvalue weighted by Gasteiger charge is -2.21. The number of methoxy groups -OCH3 is 1. The predicted molar refractivity (Wildman–Crippen MR) is 86.9 cm³/mol. The lowest BCUT2D eigenvalue weighted by molar-refractivity contribution is -0.132. The summed E-state index contributed by atoms with van der Waals surface area (Å²) in [5.41, 5.74) is 1.37. The minimum atomic E-state index is -0.903. The number of aliphatic carboxylic acids is 1. The van der Waals surface area contributed by atoms with E-state index < -0.39 is 5.97 Å². The molecule has 1 aromatic carbocycles. The molecule has 2 atom stereocenters. The zero-order valence-electron chi connectivity index (χ0n) is 13.4. The minimum Gasteiger partial charge on any atom is -0.497 e. The number of carboxylic acids is 1. The Morgan fingerprint density at radius 2 is 2.00 bits per heavy atom. The molecule has 4 heteroatoms. The first-order valence-electron chi connectivity index (χ1n) is 7.25. The smallest absolute Gasteiger partial charge is 0.330 e. The highest BCUT2D eigenvalue weighted by Crippen LogP contribution is 2.19. The highest BCUT2D eigenvalue weighted by Gasteiger charge is 2.16. The zero-order valence-corrected chi connectivity index (χ0v) is 13.4. The molecule has 1 rings (SSSR count). The van der Waals surface area contributed by atoms with Gasteiger partial charge in [0.25, 0.3) is 0 Å². The van der Waals surface area contributed by atoms with Crippen LogP contribution in [0.15, 0.2) is 48.6 Å². The first-order chi connectivity index (χ1) is 10.5. The van der Waals surface area contributed by atoms with Crippen molar-refractivity contribution in [2.24, 2.45) is 5.92 Å². The normalized spacial score (nSPS) is 14.2. The number of ether oxygens (including phenoxy) is 2. The fraction of sp³-hybridized carbons (Fsp3) is 0.389. The van der Waals surface area contributed by atoms with Crippen LogP contribution >= 0.6 is 0 Å². The van der Waals surface area contributed by atoms with Crippen LogP contribution in [-0.2, 0) is 16.1 Å². The van der Waals surface area contributed by atoms with Gasteiger partial charge in [0.05, 0.1) is 19.8 Å². The second-order valence-corrected chi connectivity index (χ2v) is 5.24. The van der Waals surface area contributed by atoms with Crippen LogP contribution in [0.25, 0.3) is 0 Å². The minimum absolute atomic E-state index is 0.00708. The second kappa shape index (κ2) is 9.05.